The number of hydrogen-bond acceptors (Lipinski definition) is 3. The molecule has 4 heteroatoms. The van der Waals surface area contributed by atoms with E-state index in [0.717, 1.165) is 38.8 Å². The molecule has 0 aromatic heterocycles. The van der Waals surface area contributed by atoms with Crippen LogP contribution in [0, 0.1) is 5.92 Å². The molecule has 20 heavy (non-hydrogen) atoms. The van der Waals surface area contributed by atoms with E-state index in [1.165, 1.54) is 24.3 Å². The van der Waals surface area contributed by atoms with Crippen LogP contribution in [0.3, 0.4) is 0 Å². The maximum Gasteiger partial charge on any atom is 0.225 e. The minimum atomic E-state index is 0.347. The zero-order chi connectivity index (χ0) is 14.4. The summed E-state index contributed by atoms with van der Waals surface area (Å²) in [6, 6.07) is 1.19. The summed E-state index contributed by atoms with van der Waals surface area (Å²) in [6.45, 7) is 6.41. The third-order valence-electron chi connectivity index (χ3n) is 4.60. The second-order valence-corrected chi connectivity index (χ2v) is 7.63. The number of hydrogen-bond donors (Lipinski definition) is 1. The monoisotopic (exact) mass is 298 g/mol. The van der Waals surface area contributed by atoms with Crippen LogP contribution in [0.15, 0.2) is 0 Å². The first kappa shape index (κ1) is 16.2. The van der Waals surface area contributed by atoms with Crippen molar-refractivity contribution < 1.29 is 4.79 Å². The number of nitrogens with one attached hydrogen (secondary N) is 1. The number of thioether (sulfide) groups is 1. The lowest BCUT2D eigenvalue weighted by Gasteiger charge is -2.35. The molecule has 1 aliphatic heterocycles. The maximum absolute atomic E-state index is 12.4. The van der Waals surface area contributed by atoms with Crippen LogP contribution in [0.2, 0.25) is 0 Å². The molecule has 0 unspecified atom stereocenters. The van der Waals surface area contributed by atoms with Gasteiger partial charge in [-0.15, -0.1) is 0 Å². The van der Waals surface area contributed by atoms with Gasteiger partial charge in [-0.1, -0.05) is 19.8 Å². The van der Waals surface area contributed by atoms with Crippen LogP contribution in [0.1, 0.15) is 52.4 Å². The number of carbonyl (C=O) groups is 1. The molecule has 1 N–H and O–H groups in total. The Morgan fingerprint density at radius 3 is 2.50 bits per heavy atom. The molecule has 1 atom stereocenters. The zero-order valence-electron chi connectivity index (χ0n) is 13.1. The molecule has 3 nitrogen and oxygen atoms in total. The van der Waals surface area contributed by atoms with Crippen LogP contribution in [-0.4, -0.2) is 47.5 Å². The summed E-state index contributed by atoms with van der Waals surface area (Å²) in [5, 5.41) is 3.72. The van der Waals surface area contributed by atoms with E-state index < -0.39 is 0 Å². The van der Waals surface area contributed by atoms with Crippen molar-refractivity contribution in [3.63, 3.8) is 0 Å². The highest BCUT2D eigenvalue weighted by molar-refractivity contribution is 7.99. The average molecular weight is 298 g/mol. The van der Waals surface area contributed by atoms with Gasteiger partial charge in [0.15, 0.2) is 0 Å². The Hall–Kier alpha value is -0.220. The topological polar surface area (TPSA) is 32.3 Å². The molecule has 0 aromatic rings. The van der Waals surface area contributed by atoms with Gasteiger partial charge in [-0.2, -0.15) is 11.8 Å². The highest BCUT2D eigenvalue weighted by atomic mass is 32.2. The molecule has 1 amide bonds. The summed E-state index contributed by atoms with van der Waals surface area (Å²) >= 11 is 2.00. The van der Waals surface area contributed by atoms with Gasteiger partial charge in [-0.25, -0.2) is 0 Å². The van der Waals surface area contributed by atoms with Gasteiger partial charge in [0.25, 0.3) is 0 Å². The van der Waals surface area contributed by atoms with Crippen molar-refractivity contribution in [2.45, 2.75) is 64.5 Å². The van der Waals surface area contributed by atoms with Crippen LogP contribution < -0.4 is 5.32 Å². The summed E-state index contributed by atoms with van der Waals surface area (Å²) in [4.78, 5) is 14.5. The van der Waals surface area contributed by atoms with Gasteiger partial charge in [0, 0.05) is 36.8 Å². The van der Waals surface area contributed by atoms with Crippen LogP contribution in [0.5, 0.6) is 0 Å². The fourth-order valence-corrected chi connectivity index (χ4v) is 4.13. The second kappa shape index (κ2) is 8.28. The van der Waals surface area contributed by atoms with Crippen LogP contribution in [-0.2, 0) is 4.79 Å². The molecule has 2 aliphatic rings. The maximum atomic E-state index is 12.4. The molecule has 0 aromatic carbocycles. The molecule has 2 fully saturated rings. The van der Waals surface area contributed by atoms with Gasteiger partial charge in [-0.05, 0) is 38.4 Å². The van der Waals surface area contributed by atoms with Gasteiger partial charge in [0.1, 0.15) is 0 Å². The summed E-state index contributed by atoms with van der Waals surface area (Å²) in [5.41, 5.74) is 0. The van der Waals surface area contributed by atoms with Crippen molar-refractivity contribution >= 4 is 17.7 Å². The van der Waals surface area contributed by atoms with Crippen molar-refractivity contribution in [3.8, 4) is 0 Å². The third kappa shape index (κ3) is 4.66. The molecule has 1 heterocycles. The van der Waals surface area contributed by atoms with E-state index in [1.807, 2.05) is 11.8 Å². The first-order valence-corrected chi connectivity index (χ1v) is 9.48. The van der Waals surface area contributed by atoms with Gasteiger partial charge in [0.2, 0.25) is 5.91 Å². The predicted octanol–water partition coefficient (Wildman–Crippen LogP) is 2.90. The van der Waals surface area contributed by atoms with E-state index in [0.29, 0.717) is 23.9 Å². The average Bonchev–Trinajstić information content (AvgIpc) is 2.99. The van der Waals surface area contributed by atoms with E-state index >= 15 is 0 Å². The first-order valence-electron chi connectivity index (χ1n) is 8.33. The number of nitrogens with zero attached hydrogens (tertiary/aromatic N) is 1. The van der Waals surface area contributed by atoms with Gasteiger partial charge >= 0.3 is 0 Å². The largest absolute Gasteiger partial charge is 0.342 e. The van der Waals surface area contributed by atoms with Gasteiger partial charge < -0.3 is 10.2 Å². The Morgan fingerprint density at radius 1 is 1.25 bits per heavy atom. The van der Waals surface area contributed by atoms with E-state index in [9.17, 15) is 4.79 Å². The first-order chi connectivity index (χ1) is 9.70. The summed E-state index contributed by atoms with van der Waals surface area (Å²) in [5.74, 6) is 3.17. The van der Waals surface area contributed by atoms with E-state index in [1.54, 1.807) is 0 Å². The quantitative estimate of drug-likeness (QED) is 0.818. The van der Waals surface area contributed by atoms with Crippen molar-refractivity contribution in [3.05, 3.63) is 0 Å². The molecule has 1 saturated carbocycles. The number of rotatable bonds is 6. The number of piperidine rings is 1. The Bertz CT molecular complexity index is 297. The lowest BCUT2D eigenvalue weighted by Crippen LogP contribution is -2.48. The van der Waals surface area contributed by atoms with Crippen molar-refractivity contribution in [1.29, 1.82) is 0 Å². The van der Waals surface area contributed by atoms with Crippen molar-refractivity contribution in [1.82, 2.24) is 10.2 Å². The van der Waals surface area contributed by atoms with Crippen LogP contribution in [0.4, 0.5) is 0 Å². The lowest BCUT2D eigenvalue weighted by atomic mass is 10.0. The zero-order valence-corrected chi connectivity index (χ0v) is 13.9. The predicted molar refractivity (Wildman–Crippen MR) is 87.2 cm³/mol. The van der Waals surface area contributed by atoms with E-state index in [4.69, 9.17) is 0 Å². The van der Waals surface area contributed by atoms with Crippen molar-refractivity contribution in [2.24, 2.45) is 5.92 Å². The highest BCUT2D eigenvalue weighted by Gasteiger charge is 2.30. The standard InChI is InChI=1S/C16H30N2OS/c1-3-20-12-13(2)17-15-8-10-18(11-9-15)16(19)14-6-4-5-7-14/h13-15,17H,3-12H2,1-2H3/t13-/m0/s1. The second-order valence-electron chi connectivity index (χ2n) is 6.31. The smallest absolute Gasteiger partial charge is 0.225 e. The Kier molecular flexibility index (Phi) is 6.69. The van der Waals surface area contributed by atoms with Crippen LogP contribution in [0.25, 0.3) is 0 Å². The lowest BCUT2D eigenvalue weighted by molar-refractivity contribution is -0.136. The Morgan fingerprint density at radius 2 is 1.90 bits per heavy atom. The molecule has 1 saturated heterocycles. The third-order valence-corrected chi connectivity index (χ3v) is 5.75. The number of amides is 1. The SMILES string of the molecule is CCSC[C@H](C)NC1CCN(C(=O)C2CCCC2)CC1. The molecule has 0 radical (unpaired) electrons. The minimum Gasteiger partial charge on any atom is -0.342 e. The minimum absolute atomic E-state index is 0.347. The normalized spacial score (nSPS) is 23.2. The van der Waals surface area contributed by atoms with Crippen molar-refractivity contribution in [2.75, 3.05) is 24.6 Å². The molecular weight excluding hydrogens is 268 g/mol. The summed E-state index contributed by atoms with van der Waals surface area (Å²) < 4.78 is 0. The van der Waals surface area contributed by atoms with Gasteiger partial charge in [-0.3, -0.25) is 4.79 Å². The summed E-state index contributed by atoms with van der Waals surface area (Å²) in [6.07, 6.45) is 7.01. The Labute approximate surface area is 128 Å². The number of carbonyl (C=O) groups excluding carboxylic acids is 1. The van der Waals surface area contributed by atoms with E-state index in [-0.39, 0.29) is 0 Å². The van der Waals surface area contributed by atoms with E-state index in [2.05, 4.69) is 24.1 Å². The fourth-order valence-electron chi connectivity index (χ4n) is 3.44. The molecule has 1 aliphatic carbocycles. The highest BCUT2D eigenvalue weighted by Crippen LogP contribution is 2.27. The molecule has 2 rings (SSSR count). The molecule has 0 bridgehead atoms. The molecule has 0 spiro atoms. The van der Waals surface area contributed by atoms with Gasteiger partial charge in [0.05, 0.1) is 0 Å². The molecular formula is C16H30N2OS. The Balaban J connectivity index is 1.68. The fraction of sp³-hybridized carbons (Fsp3) is 0.938. The number of likely N-dealkylation sites (tertiary alicyclic amines) is 1. The molecule has 116 valence electrons. The summed E-state index contributed by atoms with van der Waals surface area (Å²) in [7, 11) is 0. The van der Waals surface area contributed by atoms with Crippen LogP contribution >= 0.6 is 11.8 Å².